The molecule has 0 aliphatic carbocycles. The van der Waals surface area contributed by atoms with Gasteiger partial charge in [0.25, 0.3) is 5.91 Å². The number of likely N-dealkylation sites (tertiary alicyclic amines) is 1. The van der Waals surface area contributed by atoms with Crippen LogP contribution in [-0.2, 0) is 4.79 Å². The summed E-state index contributed by atoms with van der Waals surface area (Å²) in [5, 5.41) is 12.9. The molecule has 2 aromatic carbocycles. The van der Waals surface area contributed by atoms with Gasteiger partial charge >= 0.3 is 0 Å². The zero-order valence-electron chi connectivity index (χ0n) is 20.4. The van der Waals surface area contributed by atoms with Gasteiger partial charge in [0.15, 0.2) is 5.76 Å². The number of carbonyl (C=O) groups excluding carboxylic acids is 2. The molecule has 2 aromatic rings. The molecule has 1 atom stereocenters. The molecule has 36 heavy (non-hydrogen) atoms. The van der Waals surface area contributed by atoms with Crippen molar-refractivity contribution >= 4 is 23.6 Å². The quantitative estimate of drug-likeness (QED) is 0.643. The zero-order chi connectivity index (χ0) is 25.5. The van der Waals surface area contributed by atoms with E-state index >= 15 is 0 Å². The highest BCUT2D eigenvalue weighted by Crippen LogP contribution is 2.17. The van der Waals surface area contributed by atoms with Crippen molar-refractivity contribution in [3.63, 3.8) is 0 Å². The first kappa shape index (κ1) is 24.8. The summed E-state index contributed by atoms with van der Waals surface area (Å²) < 4.78 is 0. The molecule has 0 saturated carbocycles. The predicted octanol–water partition coefficient (Wildman–Crippen LogP) is 3.09. The fourth-order valence-electron chi connectivity index (χ4n) is 3.98. The summed E-state index contributed by atoms with van der Waals surface area (Å²) in [4.78, 5) is 32.4. The average molecular weight is 481 g/mol. The number of likely N-dealkylation sites (N-methyl/N-ethyl adjacent to an activating group) is 1. The van der Waals surface area contributed by atoms with E-state index in [-0.39, 0.29) is 30.4 Å². The van der Waals surface area contributed by atoms with E-state index in [4.69, 9.17) is 0 Å². The van der Waals surface area contributed by atoms with E-state index in [1.165, 1.54) is 6.21 Å². The molecular weight excluding hydrogens is 452 g/mol. The van der Waals surface area contributed by atoms with Gasteiger partial charge in [-0.3, -0.25) is 14.6 Å². The second-order valence-electron chi connectivity index (χ2n) is 8.90. The Morgan fingerprint density at radius 3 is 2.33 bits per heavy atom. The van der Waals surface area contributed by atoms with Crippen LogP contribution in [0.4, 0.5) is 5.69 Å². The van der Waals surface area contributed by atoms with Gasteiger partial charge in [0.1, 0.15) is 5.70 Å². The summed E-state index contributed by atoms with van der Waals surface area (Å²) in [6.45, 7) is 1.80. The summed E-state index contributed by atoms with van der Waals surface area (Å²) in [6.07, 6.45) is 2.63. The number of hydrogen-bond acceptors (Lipinski definition) is 6. The Morgan fingerprint density at radius 1 is 1.08 bits per heavy atom. The molecule has 2 heterocycles. The van der Waals surface area contributed by atoms with Gasteiger partial charge < -0.3 is 20.2 Å². The first-order chi connectivity index (χ1) is 17.4. The molecule has 0 bridgehead atoms. The molecule has 2 N–H and O–H groups in total. The van der Waals surface area contributed by atoms with E-state index < -0.39 is 0 Å². The Kier molecular flexibility index (Phi) is 7.85. The molecule has 0 radical (unpaired) electrons. The number of hydrogen-bond donors (Lipinski definition) is 2. The smallest absolute Gasteiger partial charge is 0.253 e. The van der Waals surface area contributed by atoms with E-state index in [1.54, 1.807) is 0 Å². The molecule has 0 aromatic heterocycles. The minimum atomic E-state index is -0.321. The van der Waals surface area contributed by atoms with E-state index in [9.17, 15) is 14.7 Å². The number of benzene rings is 2. The van der Waals surface area contributed by atoms with E-state index in [0.717, 1.165) is 36.3 Å². The maximum absolute atomic E-state index is 12.7. The Morgan fingerprint density at radius 2 is 1.72 bits per heavy atom. The van der Waals surface area contributed by atoms with Crippen LogP contribution in [-0.4, -0.2) is 72.6 Å². The molecule has 2 aliphatic heterocycles. The summed E-state index contributed by atoms with van der Waals surface area (Å²) in [6, 6.07) is 15.2. The predicted molar refractivity (Wildman–Crippen MR) is 141 cm³/mol. The van der Waals surface area contributed by atoms with Gasteiger partial charge in [-0.15, -0.1) is 0 Å². The largest absolute Gasteiger partial charge is 0.503 e. The lowest BCUT2D eigenvalue weighted by atomic mass is 10.1. The number of anilines is 1. The minimum Gasteiger partial charge on any atom is -0.503 e. The first-order valence-corrected chi connectivity index (χ1v) is 11.8. The first-order valence-electron chi connectivity index (χ1n) is 11.8. The van der Waals surface area contributed by atoms with Gasteiger partial charge in [-0.1, -0.05) is 11.8 Å². The molecule has 0 spiro atoms. The van der Waals surface area contributed by atoms with Crippen LogP contribution in [0, 0.1) is 23.7 Å². The SMILES string of the molecule is CN(C)C1CCN(C(=O)c2ccc(C#CC#Cc3ccc(NCC4=C(O)C(=O)CC=N4)cc3)cc2)C1. The average Bonchev–Trinajstić information content (AvgIpc) is 3.39. The molecule has 7 heteroatoms. The highest BCUT2D eigenvalue weighted by atomic mass is 16.3. The Bertz CT molecular complexity index is 1320. The number of amides is 1. The maximum Gasteiger partial charge on any atom is 0.253 e. The van der Waals surface area contributed by atoms with Crippen molar-refractivity contribution in [3.05, 3.63) is 76.7 Å². The molecule has 7 nitrogen and oxygen atoms in total. The number of carbonyl (C=O) groups is 2. The summed E-state index contributed by atoms with van der Waals surface area (Å²) >= 11 is 0. The van der Waals surface area contributed by atoms with Crippen molar-refractivity contribution in [1.29, 1.82) is 0 Å². The van der Waals surface area contributed by atoms with Crippen LogP contribution in [0.5, 0.6) is 0 Å². The number of aliphatic hydroxyl groups excluding tert-OH is 1. The van der Waals surface area contributed by atoms with Crippen LogP contribution in [0.15, 0.2) is 65.0 Å². The third kappa shape index (κ3) is 6.21. The fraction of sp³-hybridized carbons (Fsp3) is 0.276. The van der Waals surface area contributed by atoms with Gasteiger partial charge in [-0.2, -0.15) is 0 Å². The summed E-state index contributed by atoms with van der Waals surface area (Å²) in [5.74, 6) is 11.2. The molecule has 1 amide bonds. The fourth-order valence-corrected chi connectivity index (χ4v) is 3.98. The van der Waals surface area contributed by atoms with Crippen LogP contribution in [0.3, 0.4) is 0 Å². The van der Waals surface area contributed by atoms with Crippen molar-refractivity contribution in [2.75, 3.05) is 39.0 Å². The summed E-state index contributed by atoms with van der Waals surface area (Å²) in [7, 11) is 4.10. The Balaban J connectivity index is 1.30. The van der Waals surface area contributed by atoms with Crippen molar-refractivity contribution in [2.45, 2.75) is 18.9 Å². The second kappa shape index (κ2) is 11.4. The van der Waals surface area contributed by atoms with Crippen LogP contribution in [0.2, 0.25) is 0 Å². The van der Waals surface area contributed by atoms with E-state index in [2.05, 4.69) is 38.9 Å². The monoisotopic (exact) mass is 480 g/mol. The molecule has 182 valence electrons. The number of aliphatic hydroxyl groups is 1. The molecule has 1 unspecified atom stereocenters. The maximum atomic E-state index is 12.7. The summed E-state index contributed by atoms with van der Waals surface area (Å²) in [5.41, 5.74) is 3.44. The minimum absolute atomic E-state index is 0.0603. The highest BCUT2D eigenvalue weighted by Gasteiger charge is 2.27. The number of aliphatic imine (C=N–C) groups is 1. The van der Waals surface area contributed by atoms with Crippen LogP contribution in [0.25, 0.3) is 0 Å². The standard InChI is InChI=1S/C29H28N4O3/c1-32(2)25-16-18-33(20-25)29(36)23-11-7-21(8-12-23)5-3-4-6-22-9-13-24(14-10-22)31-19-26-28(35)27(34)15-17-30-26/h7-14,17,25,31,35H,15-16,18-20H2,1-2H3. The van der Waals surface area contributed by atoms with Crippen LogP contribution in [0.1, 0.15) is 34.3 Å². The number of allylic oxidation sites excluding steroid dienone is 1. The third-order valence-electron chi connectivity index (χ3n) is 6.20. The molecule has 1 fully saturated rings. The molecule has 4 rings (SSSR count). The van der Waals surface area contributed by atoms with Crippen molar-refractivity contribution in [3.8, 4) is 23.7 Å². The lowest BCUT2D eigenvalue weighted by Gasteiger charge is -2.20. The number of nitrogens with one attached hydrogen (secondary N) is 1. The van der Waals surface area contributed by atoms with E-state index in [1.807, 2.05) is 67.5 Å². The van der Waals surface area contributed by atoms with Gasteiger partial charge in [-0.05, 0) is 80.9 Å². The van der Waals surface area contributed by atoms with Crippen LogP contribution < -0.4 is 5.32 Å². The highest BCUT2D eigenvalue weighted by molar-refractivity contribution is 6.04. The Hall–Kier alpha value is -4.33. The normalized spacial score (nSPS) is 16.9. The second-order valence-corrected chi connectivity index (χ2v) is 8.90. The third-order valence-corrected chi connectivity index (χ3v) is 6.20. The number of ketones is 1. The number of Topliss-reactive ketones (excluding diaryl/α,β-unsaturated/α-hetero) is 1. The van der Waals surface area contributed by atoms with Crippen LogP contribution >= 0.6 is 0 Å². The number of rotatable bonds is 5. The van der Waals surface area contributed by atoms with Crippen molar-refractivity contribution in [2.24, 2.45) is 4.99 Å². The lowest BCUT2D eigenvalue weighted by Crippen LogP contribution is -2.34. The lowest BCUT2D eigenvalue weighted by molar-refractivity contribution is -0.117. The molecule has 2 aliphatic rings. The zero-order valence-corrected chi connectivity index (χ0v) is 20.4. The number of nitrogens with zero attached hydrogens (tertiary/aromatic N) is 3. The van der Waals surface area contributed by atoms with Crippen molar-refractivity contribution in [1.82, 2.24) is 9.80 Å². The van der Waals surface area contributed by atoms with E-state index in [0.29, 0.717) is 17.3 Å². The topological polar surface area (TPSA) is 85.2 Å². The van der Waals surface area contributed by atoms with Crippen molar-refractivity contribution < 1.29 is 14.7 Å². The van der Waals surface area contributed by atoms with Gasteiger partial charge in [0.05, 0.1) is 6.54 Å². The van der Waals surface area contributed by atoms with Gasteiger partial charge in [-0.25, -0.2) is 0 Å². The van der Waals surface area contributed by atoms with Gasteiger partial charge in [0.2, 0.25) is 5.78 Å². The van der Waals surface area contributed by atoms with Gasteiger partial charge in [0, 0.05) is 54.1 Å². The molecule has 1 saturated heterocycles. The molecular formula is C29H28N4O3. The Labute approximate surface area is 211 Å².